The van der Waals surface area contributed by atoms with Crippen molar-refractivity contribution in [1.82, 2.24) is 20.1 Å². The molecule has 0 aliphatic heterocycles. The van der Waals surface area contributed by atoms with Crippen LogP contribution in [0.15, 0.2) is 90.1 Å². The van der Waals surface area contributed by atoms with Crippen molar-refractivity contribution in [2.24, 2.45) is 0 Å². The summed E-state index contributed by atoms with van der Waals surface area (Å²) in [7, 11) is 0. The minimum Gasteiger partial charge on any atom is -0.352 e. The Labute approximate surface area is 202 Å². The third-order valence-electron chi connectivity index (χ3n) is 5.49. The van der Waals surface area contributed by atoms with Gasteiger partial charge in [-0.1, -0.05) is 84.0 Å². The van der Waals surface area contributed by atoms with Crippen LogP contribution in [0.2, 0.25) is 5.02 Å². The van der Waals surface area contributed by atoms with Gasteiger partial charge in [0.15, 0.2) is 11.0 Å². The summed E-state index contributed by atoms with van der Waals surface area (Å²) in [6, 6.07) is 27.9. The Hall–Kier alpha value is -3.09. The molecule has 1 aliphatic carbocycles. The standard InChI is InChI=1S/C26H23ClN4OS/c27-21-13-11-20(12-14-21)24-29-30-26(31(24)17-18-7-3-1-4-8-18)33-23(19-9-5-2-6-10-19)25(32)28-22-15-16-22/h1-14,22-23H,15-17H2,(H,28,32). The van der Waals surface area contributed by atoms with Gasteiger partial charge in [0.05, 0.1) is 6.54 Å². The predicted octanol–water partition coefficient (Wildman–Crippen LogP) is 5.76. The number of hydrogen-bond donors (Lipinski definition) is 1. The molecule has 1 atom stereocenters. The van der Waals surface area contributed by atoms with E-state index in [4.69, 9.17) is 11.6 Å². The highest BCUT2D eigenvalue weighted by Crippen LogP contribution is 2.37. The van der Waals surface area contributed by atoms with E-state index in [0.717, 1.165) is 35.4 Å². The Morgan fingerprint density at radius 2 is 1.64 bits per heavy atom. The summed E-state index contributed by atoms with van der Waals surface area (Å²) in [5.41, 5.74) is 3.00. The number of carbonyl (C=O) groups excluding carboxylic acids is 1. The lowest BCUT2D eigenvalue weighted by atomic mass is 10.1. The first-order valence-electron chi connectivity index (χ1n) is 10.9. The molecule has 0 radical (unpaired) electrons. The maximum atomic E-state index is 13.2. The highest BCUT2D eigenvalue weighted by atomic mass is 35.5. The van der Waals surface area contributed by atoms with Crippen molar-refractivity contribution in [2.45, 2.75) is 35.8 Å². The average molecular weight is 475 g/mol. The Bertz CT molecular complexity index is 1220. The van der Waals surface area contributed by atoms with Crippen LogP contribution in [-0.4, -0.2) is 26.7 Å². The zero-order valence-electron chi connectivity index (χ0n) is 17.9. The summed E-state index contributed by atoms with van der Waals surface area (Å²) in [4.78, 5) is 13.2. The number of carbonyl (C=O) groups is 1. The van der Waals surface area contributed by atoms with Crippen LogP contribution in [0.25, 0.3) is 11.4 Å². The van der Waals surface area contributed by atoms with Gasteiger partial charge in [-0.2, -0.15) is 0 Å². The van der Waals surface area contributed by atoms with Gasteiger partial charge in [0.1, 0.15) is 5.25 Å². The molecule has 5 nitrogen and oxygen atoms in total. The molecule has 1 fully saturated rings. The molecule has 3 aromatic carbocycles. The zero-order valence-corrected chi connectivity index (χ0v) is 19.5. The van der Waals surface area contributed by atoms with Gasteiger partial charge in [0, 0.05) is 16.6 Å². The highest BCUT2D eigenvalue weighted by Gasteiger charge is 2.30. The van der Waals surface area contributed by atoms with Gasteiger partial charge in [-0.3, -0.25) is 9.36 Å². The second kappa shape index (κ2) is 9.81. The molecule has 33 heavy (non-hydrogen) atoms. The molecule has 0 bridgehead atoms. The first-order valence-corrected chi connectivity index (χ1v) is 12.2. The van der Waals surface area contributed by atoms with E-state index >= 15 is 0 Å². The number of thioether (sulfide) groups is 1. The molecule has 166 valence electrons. The van der Waals surface area contributed by atoms with Crippen LogP contribution >= 0.6 is 23.4 Å². The molecule has 1 aliphatic rings. The van der Waals surface area contributed by atoms with E-state index in [9.17, 15) is 4.79 Å². The summed E-state index contributed by atoms with van der Waals surface area (Å²) >= 11 is 7.54. The molecule has 1 unspecified atom stereocenters. The van der Waals surface area contributed by atoms with Gasteiger partial charge in [0.25, 0.3) is 0 Å². The lowest BCUT2D eigenvalue weighted by molar-refractivity contribution is -0.120. The molecule has 1 amide bonds. The quantitative estimate of drug-likeness (QED) is 0.330. The first kappa shape index (κ1) is 21.7. The van der Waals surface area contributed by atoms with E-state index < -0.39 is 5.25 Å². The second-order valence-electron chi connectivity index (χ2n) is 8.08. The fraction of sp³-hybridized carbons (Fsp3) is 0.192. The maximum Gasteiger partial charge on any atom is 0.238 e. The Kier molecular flexibility index (Phi) is 6.46. The van der Waals surface area contributed by atoms with E-state index in [1.807, 2.05) is 72.8 Å². The van der Waals surface area contributed by atoms with Gasteiger partial charge in [-0.25, -0.2) is 0 Å². The molecule has 1 saturated carbocycles. The van der Waals surface area contributed by atoms with Crippen LogP contribution in [0.5, 0.6) is 0 Å². The van der Waals surface area contributed by atoms with Gasteiger partial charge in [0.2, 0.25) is 5.91 Å². The predicted molar refractivity (Wildman–Crippen MR) is 132 cm³/mol. The third kappa shape index (κ3) is 5.29. The average Bonchev–Trinajstić information content (AvgIpc) is 3.58. The zero-order chi connectivity index (χ0) is 22.6. The maximum absolute atomic E-state index is 13.2. The minimum absolute atomic E-state index is 0.0102. The first-order chi connectivity index (χ1) is 16.2. The lowest BCUT2D eigenvalue weighted by Gasteiger charge is -2.17. The van der Waals surface area contributed by atoms with Gasteiger partial charge < -0.3 is 5.32 Å². The van der Waals surface area contributed by atoms with Crippen molar-refractivity contribution < 1.29 is 4.79 Å². The number of nitrogens with zero attached hydrogens (tertiary/aromatic N) is 3. The second-order valence-corrected chi connectivity index (χ2v) is 9.58. The number of hydrogen-bond acceptors (Lipinski definition) is 4. The molecule has 0 spiro atoms. The van der Waals surface area contributed by atoms with Crippen LogP contribution in [-0.2, 0) is 11.3 Å². The van der Waals surface area contributed by atoms with Gasteiger partial charge in [-0.15, -0.1) is 10.2 Å². The number of aromatic nitrogens is 3. The summed E-state index contributed by atoms with van der Waals surface area (Å²) in [5.74, 6) is 0.753. The van der Waals surface area contributed by atoms with E-state index in [-0.39, 0.29) is 11.9 Å². The number of amides is 1. The third-order valence-corrected chi connectivity index (χ3v) is 6.98. The largest absolute Gasteiger partial charge is 0.352 e. The van der Waals surface area contributed by atoms with Crippen molar-refractivity contribution in [2.75, 3.05) is 0 Å². The topological polar surface area (TPSA) is 59.8 Å². The fourth-order valence-electron chi connectivity index (χ4n) is 3.61. The van der Waals surface area contributed by atoms with E-state index in [1.54, 1.807) is 0 Å². The molecule has 7 heteroatoms. The van der Waals surface area contributed by atoms with Crippen molar-refractivity contribution in [1.29, 1.82) is 0 Å². The van der Waals surface area contributed by atoms with Crippen LogP contribution in [0.1, 0.15) is 29.2 Å². The monoisotopic (exact) mass is 474 g/mol. The van der Waals surface area contributed by atoms with Crippen molar-refractivity contribution in [3.8, 4) is 11.4 Å². The van der Waals surface area contributed by atoms with Crippen LogP contribution in [0.3, 0.4) is 0 Å². The lowest BCUT2D eigenvalue weighted by Crippen LogP contribution is -2.30. The SMILES string of the molecule is O=C(NC1CC1)C(Sc1nnc(-c2ccc(Cl)cc2)n1Cc1ccccc1)c1ccccc1. The smallest absolute Gasteiger partial charge is 0.238 e. The number of benzene rings is 3. The molecule has 1 aromatic heterocycles. The van der Waals surface area contributed by atoms with Crippen molar-refractivity contribution >= 4 is 29.3 Å². The summed E-state index contributed by atoms with van der Waals surface area (Å²) < 4.78 is 2.07. The van der Waals surface area contributed by atoms with Crippen molar-refractivity contribution in [3.05, 3.63) is 101 Å². The number of halogens is 1. The highest BCUT2D eigenvalue weighted by molar-refractivity contribution is 8.00. The molecule has 4 aromatic rings. The van der Waals surface area contributed by atoms with Crippen LogP contribution < -0.4 is 5.32 Å². The van der Waals surface area contributed by atoms with E-state index in [2.05, 4.69) is 32.2 Å². The van der Waals surface area contributed by atoms with Gasteiger partial charge >= 0.3 is 0 Å². The number of rotatable bonds is 8. The Morgan fingerprint density at radius 1 is 0.970 bits per heavy atom. The van der Waals surface area contributed by atoms with Crippen LogP contribution in [0.4, 0.5) is 0 Å². The van der Waals surface area contributed by atoms with Crippen molar-refractivity contribution in [3.63, 3.8) is 0 Å². The summed E-state index contributed by atoms with van der Waals surface area (Å²) in [6.45, 7) is 0.597. The Morgan fingerprint density at radius 3 is 2.30 bits per heavy atom. The molecule has 1 N–H and O–H groups in total. The van der Waals surface area contributed by atoms with E-state index in [1.165, 1.54) is 11.8 Å². The molecule has 5 rings (SSSR count). The summed E-state index contributed by atoms with van der Waals surface area (Å²) in [5, 5.41) is 13.1. The van der Waals surface area contributed by atoms with E-state index in [0.29, 0.717) is 16.7 Å². The molecule has 0 saturated heterocycles. The Balaban J connectivity index is 1.52. The molecular weight excluding hydrogens is 452 g/mol. The van der Waals surface area contributed by atoms with Gasteiger partial charge in [-0.05, 0) is 48.2 Å². The normalized spacial score (nSPS) is 14.1. The van der Waals surface area contributed by atoms with Crippen LogP contribution in [0, 0.1) is 0 Å². The minimum atomic E-state index is -0.413. The number of nitrogens with one attached hydrogen (secondary N) is 1. The molecule has 1 heterocycles. The fourth-order valence-corrected chi connectivity index (χ4v) is 4.78. The molecular formula is C26H23ClN4OS. The summed E-state index contributed by atoms with van der Waals surface area (Å²) in [6.07, 6.45) is 2.09.